The molecule has 0 aliphatic carbocycles. The lowest BCUT2D eigenvalue weighted by Gasteiger charge is -2.07. The molecule has 0 saturated heterocycles. The van der Waals surface area contributed by atoms with Crippen LogP contribution in [-0.4, -0.2) is 25.7 Å². The first-order valence-corrected chi connectivity index (χ1v) is 6.62. The smallest absolute Gasteiger partial charge is 0.157 e. The quantitative estimate of drug-likeness (QED) is 0.776. The predicted octanol–water partition coefficient (Wildman–Crippen LogP) is 1.23. The summed E-state index contributed by atoms with van der Waals surface area (Å²) in [6.45, 7) is 1.43. The summed E-state index contributed by atoms with van der Waals surface area (Å²) < 4.78 is 22.3. The fraction of sp³-hybridized carbons (Fsp3) is 0.364. The molecule has 0 heterocycles. The van der Waals surface area contributed by atoms with Gasteiger partial charge in [0.15, 0.2) is 15.6 Å². The summed E-state index contributed by atoms with van der Waals surface area (Å²) in [5, 5.41) is -0.919. The van der Waals surface area contributed by atoms with E-state index >= 15 is 0 Å². The highest BCUT2D eigenvalue weighted by Gasteiger charge is 2.22. The highest BCUT2D eigenvalue weighted by molar-refractivity contribution is 7.92. The fourth-order valence-corrected chi connectivity index (χ4v) is 1.74. The fourth-order valence-electron chi connectivity index (χ4n) is 1.18. The first-order chi connectivity index (χ1) is 6.91. The van der Waals surface area contributed by atoms with Gasteiger partial charge in [-0.15, -0.1) is 0 Å². The van der Waals surface area contributed by atoms with E-state index in [1.807, 2.05) is 30.3 Å². The molecule has 0 aromatic heterocycles. The monoisotopic (exact) mass is 226 g/mol. The maximum atomic E-state index is 11.6. The molecule has 0 aliphatic heterocycles. The summed E-state index contributed by atoms with van der Waals surface area (Å²) in [6, 6.07) is 9.13. The van der Waals surface area contributed by atoms with Gasteiger partial charge in [-0.1, -0.05) is 30.3 Å². The molecule has 0 radical (unpaired) electrons. The molecule has 0 aliphatic rings. The van der Waals surface area contributed by atoms with Gasteiger partial charge in [0.25, 0.3) is 0 Å². The first kappa shape index (κ1) is 11.9. The van der Waals surface area contributed by atoms with Crippen molar-refractivity contribution >= 4 is 15.6 Å². The van der Waals surface area contributed by atoms with Gasteiger partial charge in [0.1, 0.15) is 5.25 Å². The minimum Gasteiger partial charge on any atom is -0.298 e. The molecule has 15 heavy (non-hydrogen) atoms. The Morgan fingerprint density at radius 1 is 1.27 bits per heavy atom. The molecule has 82 valence electrons. The average molecular weight is 226 g/mol. The second-order valence-electron chi connectivity index (χ2n) is 3.60. The highest BCUT2D eigenvalue weighted by Crippen LogP contribution is 2.06. The lowest BCUT2D eigenvalue weighted by molar-refractivity contribution is -0.117. The summed E-state index contributed by atoms with van der Waals surface area (Å²) in [7, 11) is -3.27. The van der Waals surface area contributed by atoms with E-state index in [2.05, 4.69) is 0 Å². The number of ketones is 1. The number of sulfone groups is 1. The van der Waals surface area contributed by atoms with Crippen LogP contribution in [0, 0.1) is 0 Å². The Bertz CT molecular complexity index is 434. The van der Waals surface area contributed by atoms with E-state index in [1.165, 1.54) is 6.92 Å². The second-order valence-corrected chi connectivity index (χ2v) is 5.97. The van der Waals surface area contributed by atoms with E-state index in [0.29, 0.717) is 0 Å². The highest BCUT2D eigenvalue weighted by atomic mass is 32.2. The normalized spacial score (nSPS) is 13.5. The van der Waals surface area contributed by atoms with Gasteiger partial charge in [-0.25, -0.2) is 8.42 Å². The molecule has 3 nitrogen and oxygen atoms in total. The summed E-state index contributed by atoms with van der Waals surface area (Å²) in [5.74, 6) is -0.260. The van der Waals surface area contributed by atoms with Gasteiger partial charge in [0.05, 0.1) is 0 Å². The molecule has 0 fully saturated rings. The molecule has 0 N–H and O–H groups in total. The molecular weight excluding hydrogens is 212 g/mol. The van der Waals surface area contributed by atoms with Crippen LogP contribution in [0.15, 0.2) is 30.3 Å². The Morgan fingerprint density at radius 2 is 1.80 bits per heavy atom. The Kier molecular flexibility index (Phi) is 3.63. The van der Waals surface area contributed by atoms with Crippen LogP contribution in [0.25, 0.3) is 0 Å². The van der Waals surface area contributed by atoms with Crippen molar-refractivity contribution in [1.29, 1.82) is 0 Å². The third-order valence-corrected chi connectivity index (χ3v) is 3.86. The van der Waals surface area contributed by atoms with Crippen molar-refractivity contribution in [3.05, 3.63) is 35.9 Å². The SMILES string of the molecule is CC(C(=O)Cc1ccccc1)S(C)(=O)=O. The maximum Gasteiger partial charge on any atom is 0.157 e. The van der Waals surface area contributed by atoms with Crippen LogP contribution in [0.3, 0.4) is 0 Å². The van der Waals surface area contributed by atoms with Crippen molar-refractivity contribution in [2.75, 3.05) is 6.26 Å². The molecule has 1 unspecified atom stereocenters. The van der Waals surface area contributed by atoms with Crippen molar-refractivity contribution in [3.8, 4) is 0 Å². The number of benzene rings is 1. The van der Waals surface area contributed by atoms with E-state index in [-0.39, 0.29) is 12.2 Å². The number of hydrogen-bond donors (Lipinski definition) is 0. The third-order valence-electron chi connectivity index (χ3n) is 2.32. The molecule has 4 heteroatoms. The largest absolute Gasteiger partial charge is 0.298 e. The van der Waals surface area contributed by atoms with E-state index in [9.17, 15) is 13.2 Å². The van der Waals surface area contributed by atoms with Gasteiger partial charge in [0.2, 0.25) is 0 Å². The number of carbonyl (C=O) groups excluding carboxylic acids is 1. The van der Waals surface area contributed by atoms with Crippen molar-refractivity contribution in [2.45, 2.75) is 18.6 Å². The number of rotatable bonds is 4. The first-order valence-electron chi connectivity index (χ1n) is 4.67. The van der Waals surface area contributed by atoms with Gasteiger partial charge < -0.3 is 0 Å². The van der Waals surface area contributed by atoms with Gasteiger partial charge in [-0.2, -0.15) is 0 Å². The zero-order valence-electron chi connectivity index (χ0n) is 8.80. The van der Waals surface area contributed by atoms with Gasteiger partial charge >= 0.3 is 0 Å². The van der Waals surface area contributed by atoms with Gasteiger partial charge in [-0.3, -0.25) is 4.79 Å². The van der Waals surface area contributed by atoms with Crippen LogP contribution in [0.2, 0.25) is 0 Å². The van der Waals surface area contributed by atoms with Crippen molar-refractivity contribution in [2.24, 2.45) is 0 Å². The van der Waals surface area contributed by atoms with Crippen LogP contribution >= 0.6 is 0 Å². The summed E-state index contributed by atoms with van der Waals surface area (Å²) >= 11 is 0. The standard InChI is InChI=1S/C11H14O3S/c1-9(15(2,13)14)11(12)8-10-6-4-3-5-7-10/h3-7,9H,8H2,1-2H3. The molecular formula is C11H14O3S. The molecule has 0 amide bonds. The minimum atomic E-state index is -3.27. The van der Waals surface area contributed by atoms with E-state index in [0.717, 1.165) is 11.8 Å². The van der Waals surface area contributed by atoms with Crippen molar-refractivity contribution < 1.29 is 13.2 Å². The molecule has 1 atom stereocenters. The number of Topliss-reactive ketones (excluding diaryl/α,β-unsaturated/α-hetero) is 1. The van der Waals surface area contributed by atoms with E-state index < -0.39 is 15.1 Å². The van der Waals surface area contributed by atoms with E-state index in [4.69, 9.17) is 0 Å². The zero-order valence-corrected chi connectivity index (χ0v) is 9.62. The summed E-state index contributed by atoms with van der Waals surface area (Å²) in [5.41, 5.74) is 0.845. The third kappa shape index (κ3) is 3.47. The predicted molar refractivity (Wildman–Crippen MR) is 59.5 cm³/mol. The number of carbonyl (C=O) groups is 1. The Hall–Kier alpha value is -1.16. The molecule has 0 bridgehead atoms. The lowest BCUT2D eigenvalue weighted by Crippen LogP contribution is -2.27. The minimum absolute atomic E-state index is 0.176. The molecule has 1 aromatic rings. The lowest BCUT2D eigenvalue weighted by atomic mass is 10.1. The molecule has 0 saturated carbocycles. The molecule has 0 spiro atoms. The number of hydrogen-bond acceptors (Lipinski definition) is 3. The van der Waals surface area contributed by atoms with Gasteiger partial charge in [0, 0.05) is 12.7 Å². The van der Waals surface area contributed by atoms with Crippen LogP contribution in [0.4, 0.5) is 0 Å². The van der Waals surface area contributed by atoms with Crippen LogP contribution in [0.5, 0.6) is 0 Å². The van der Waals surface area contributed by atoms with Crippen LogP contribution < -0.4 is 0 Å². The topological polar surface area (TPSA) is 51.2 Å². The van der Waals surface area contributed by atoms with Crippen molar-refractivity contribution in [3.63, 3.8) is 0 Å². The van der Waals surface area contributed by atoms with Crippen molar-refractivity contribution in [1.82, 2.24) is 0 Å². The Labute approximate surface area is 90.0 Å². The van der Waals surface area contributed by atoms with Crippen LogP contribution in [-0.2, 0) is 21.1 Å². The molecule has 1 aromatic carbocycles. The maximum absolute atomic E-state index is 11.6. The average Bonchev–Trinajstić information content (AvgIpc) is 2.16. The Morgan fingerprint density at radius 3 is 2.27 bits per heavy atom. The second kappa shape index (κ2) is 4.57. The summed E-state index contributed by atoms with van der Waals surface area (Å²) in [4.78, 5) is 11.6. The Balaban J connectivity index is 2.73. The van der Waals surface area contributed by atoms with E-state index in [1.54, 1.807) is 0 Å². The zero-order chi connectivity index (χ0) is 11.5. The summed E-state index contributed by atoms with van der Waals surface area (Å²) in [6.07, 6.45) is 1.26. The van der Waals surface area contributed by atoms with Crippen LogP contribution in [0.1, 0.15) is 12.5 Å². The molecule has 1 rings (SSSR count). The van der Waals surface area contributed by atoms with Gasteiger partial charge in [-0.05, 0) is 12.5 Å².